The van der Waals surface area contributed by atoms with E-state index in [2.05, 4.69) is 59.3 Å². The van der Waals surface area contributed by atoms with Crippen LogP contribution in [0.5, 0.6) is 0 Å². The van der Waals surface area contributed by atoms with Crippen molar-refractivity contribution in [2.75, 3.05) is 0 Å². The lowest BCUT2D eigenvalue weighted by atomic mass is 10.2. The maximum atomic E-state index is 5.82. The molecule has 0 radical (unpaired) electrons. The van der Waals surface area contributed by atoms with Crippen LogP contribution in [0.25, 0.3) is 11.0 Å². The van der Waals surface area contributed by atoms with E-state index in [1.54, 1.807) is 11.8 Å². The summed E-state index contributed by atoms with van der Waals surface area (Å²) < 4.78 is 6.92. The Balaban J connectivity index is 2.06. The number of aryl methyl sites for hydroxylation is 2. The van der Waals surface area contributed by atoms with Crippen LogP contribution in [0.3, 0.4) is 0 Å². The first kappa shape index (κ1) is 12.8. The van der Waals surface area contributed by atoms with Gasteiger partial charge >= 0.3 is 0 Å². The molecule has 0 atom stereocenters. The molecular formula is C16H13BrOS. The van der Waals surface area contributed by atoms with Gasteiger partial charge in [0.1, 0.15) is 11.3 Å². The van der Waals surface area contributed by atoms with Gasteiger partial charge in [-0.05, 0) is 50.2 Å². The summed E-state index contributed by atoms with van der Waals surface area (Å²) in [4.78, 5) is 2.43. The molecule has 96 valence electrons. The summed E-state index contributed by atoms with van der Waals surface area (Å²) in [5.41, 5.74) is 2.22. The maximum absolute atomic E-state index is 5.82. The molecule has 0 aliphatic rings. The van der Waals surface area contributed by atoms with Crippen molar-refractivity contribution in [2.45, 2.75) is 23.6 Å². The standard InChI is InChI=1S/C16H13BrOS/c1-10-3-8-15-14(9-10)16(11(2)18-15)19-13-6-4-12(17)5-7-13/h3-9H,1-2H3. The normalized spacial score (nSPS) is 11.1. The second kappa shape index (κ2) is 5.06. The summed E-state index contributed by atoms with van der Waals surface area (Å²) in [6.45, 7) is 4.13. The summed E-state index contributed by atoms with van der Waals surface area (Å²) in [7, 11) is 0. The predicted octanol–water partition coefficient (Wildman–Crippen LogP) is 5.96. The fourth-order valence-corrected chi connectivity index (χ4v) is 3.29. The van der Waals surface area contributed by atoms with Gasteiger partial charge in [-0.1, -0.05) is 39.3 Å². The first-order valence-electron chi connectivity index (χ1n) is 6.06. The first-order valence-corrected chi connectivity index (χ1v) is 7.67. The van der Waals surface area contributed by atoms with Crippen molar-refractivity contribution in [3.63, 3.8) is 0 Å². The zero-order valence-corrected chi connectivity index (χ0v) is 13.1. The van der Waals surface area contributed by atoms with Crippen molar-refractivity contribution in [2.24, 2.45) is 0 Å². The third-order valence-electron chi connectivity index (χ3n) is 3.00. The number of furan rings is 1. The third kappa shape index (κ3) is 2.58. The Hall–Kier alpha value is -1.19. The van der Waals surface area contributed by atoms with E-state index in [1.807, 2.05) is 13.0 Å². The molecule has 0 fully saturated rings. The summed E-state index contributed by atoms with van der Waals surface area (Å²) >= 11 is 5.21. The molecule has 0 bridgehead atoms. The topological polar surface area (TPSA) is 13.1 Å². The fourth-order valence-electron chi connectivity index (χ4n) is 2.06. The Labute approximate surface area is 125 Å². The number of halogens is 1. The lowest BCUT2D eigenvalue weighted by molar-refractivity contribution is 0.568. The molecule has 1 aromatic heterocycles. The zero-order valence-electron chi connectivity index (χ0n) is 10.7. The van der Waals surface area contributed by atoms with Crippen LogP contribution in [-0.2, 0) is 0 Å². The highest BCUT2D eigenvalue weighted by Crippen LogP contribution is 2.38. The molecule has 19 heavy (non-hydrogen) atoms. The average Bonchev–Trinajstić information content (AvgIpc) is 2.69. The van der Waals surface area contributed by atoms with Crippen LogP contribution in [0, 0.1) is 13.8 Å². The molecule has 0 unspecified atom stereocenters. The van der Waals surface area contributed by atoms with Crippen molar-refractivity contribution in [1.82, 2.24) is 0 Å². The molecule has 0 aliphatic heterocycles. The minimum absolute atomic E-state index is 0.961. The number of hydrogen-bond donors (Lipinski definition) is 0. The molecule has 0 amide bonds. The highest BCUT2D eigenvalue weighted by Gasteiger charge is 2.12. The smallest absolute Gasteiger partial charge is 0.135 e. The van der Waals surface area contributed by atoms with Gasteiger partial charge in [-0.25, -0.2) is 0 Å². The van der Waals surface area contributed by atoms with Gasteiger partial charge in [0, 0.05) is 14.8 Å². The van der Waals surface area contributed by atoms with Crippen LogP contribution < -0.4 is 0 Å². The number of rotatable bonds is 2. The lowest BCUT2D eigenvalue weighted by Gasteiger charge is -2.01. The van der Waals surface area contributed by atoms with Gasteiger partial charge < -0.3 is 4.42 Å². The van der Waals surface area contributed by atoms with Crippen LogP contribution in [0.4, 0.5) is 0 Å². The van der Waals surface area contributed by atoms with E-state index >= 15 is 0 Å². The Morgan fingerprint density at radius 3 is 2.47 bits per heavy atom. The Bertz CT molecular complexity index is 728. The van der Waals surface area contributed by atoms with Crippen LogP contribution >= 0.6 is 27.7 Å². The summed E-state index contributed by atoms with van der Waals surface area (Å²) in [5, 5.41) is 1.20. The third-order valence-corrected chi connectivity index (χ3v) is 4.74. The maximum Gasteiger partial charge on any atom is 0.135 e. The fraction of sp³-hybridized carbons (Fsp3) is 0.125. The Morgan fingerprint density at radius 2 is 1.74 bits per heavy atom. The minimum atomic E-state index is 0.961. The minimum Gasteiger partial charge on any atom is -0.460 e. The predicted molar refractivity (Wildman–Crippen MR) is 84.0 cm³/mol. The quantitative estimate of drug-likeness (QED) is 0.574. The van der Waals surface area contributed by atoms with Gasteiger partial charge in [-0.3, -0.25) is 0 Å². The molecule has 0 N–H and O–H groups in total. The monoisotopic (exact) mass is 332 g/mol. The summed E-state index contributed by atoms with van der Waals surface area (Å²) in [6, 6.07) is 14.7. The molecule has 3 heteroatoms. The zero-order chi connectivity index (χ0) is 13.4. The van der Waals surface area contributed by atoms with Crippen molar-refractivity contribution in [3.8, 4) is 0 Å². The van der Waals surface area contributed by atoms with Gasteiger partial charge in [0.05, 0.1) is 4.90 Å². The molecule has 0 saturated carbocycles. The average molecular weight is 333 g/mol. The molecule has 1 nitrogen and oxygen atoms in total. The summed E-state index contributed by atoms with van der Waals surface area (Å²) in [6.07, 6.45) is 0. The SMILES string of the molecule is Cc1ccc2oc(C)c(Sc3ccc(Br)cc3)c2c1. The van der Waals surface area contributed by atoms with Gasteiger partial charge in [-0.2, -0.15) is 0 Å². The van der Waals surface area contributed by atoms with Crippen LogP contribution in [0.1, 0.15) is 11.3 Å². The summed E-state index contributed by atoms with van der Waals surface area (Å²) in [5.74, 6) is 0.980. The molecule has 0 saturated heterocycles. The highest BCUT2D eigenvalue weighted by molar-refractivity contribution is 9.10. The van der Waals surface area contributed by atoms with E-state index in [4.69, 9.17) is 4.42 Å². The molecule has 0 spiro atoms. The van der Waals surface area contributed by atoms with Crippen molar-refractivity contribution in [1.29, 1.82) is 0 Å². The van der Waals surface area contributed by atoms with E-state index in [-0.39, 0.29) is 0 Å². The van der Waals surface area contributed by atoms with Gasteiger partial charge in [0.2, 0.25) is 0 Å². The van der Waals surface area contributed by atoms with Crippen molar-refractivity contribution >= 4 is 38.7 Å². The number of hydrogen-bond acceptors (Lipinski definition) is 2. The van der Waals surface area contributed by atoms with Crippen LogP contribution in [0.15, 0.2) is 61.1 Å². The Kier molecular flexibility index (Phi) is 3.42. The highest BCUT2D eigenvalue weighted by atomic mass is 79.9. The lowest BCUT2D eigenvalue weighted by Crippen LogP contribution is -1.76. The van der Waals surface area contributed by atoms with E-state index in [9.17, 15) is 0 Å². The second-order valence-electron chi connectivity index (χ2n) is 4.54. The largest absolute Gasteiger partial charge is 0.460 e. The molecule has 2 aromatic carbocycles. The van der Waals surface area contributed by atoms with E-state index in [0.29, 0.717) is 0 Å². The Morgan fingerprint density at radius 1 is 1.00 bits per heavy atom. The number of fused-ring (bicyclic) bond motifs is 1. The molecular weight excluding hydrogens is 320 g/mol. The van der Waals surface area contributed by atoms with E-state index in [1.165, 1.54) is 20.7 Å². The van der Waals surface area contributed by atoms with Gasteiger partial charge in [0.15, 0.2) is 0 Å². The molecule has 1 heterocycles. The van der Waals surface area contributed by atoms with Crippen LogP contribution in [-0.4, -0.2) is 0 Å². The molecule has 0 aliphatic carbocycles. The van der Waals surface area contributed by atoms with Gasteiger partial charge in [0.25, 0.3) is 0 Å². The first-order chi connectivity index (χ1) is 9.13. The van der Waals surface area contributed by atoms with E-state index < -0.39 is 0 Å². The van der Waals surface area contributed by atoms with Crippen molar-refractivity contribution in [3.05, 3.63) is 58.3 Å². The van der Waals surface area contributed by atoms with Crippen LogP contribution in [0.2, 0.25) is 0 Å². The number of benzene rings is 2. The van der Waals surface area contributed by atoms with E-state index in [0.717, 1.165) is 15.8 Å². The molecule has 3 aromatic rings. The van der Waals surface area contributed by atoms with Gasteiger partial charge in [-0.15, -0.1) is 0 Å². The second-order valence-corrected chi connectivity index (χ2v) is 6.54. The molecule has 3 rings (SSSR count). The van der Waals surface area contributed by atoms with Crippen molar-refractivity contribution < 1.29 is 4.42 Å².